The molecule has 1 heterocycles. The summed E-state index contributed by atoms with van der Waals surface area (Å²) < 4.78 is 13.8. The maximum absolute atomic E-state index is 11.9. The van der Waals surface area contributed by atoms with E-state index in [0.717, 1.165) is 14.2 Å². The normalized spacial score (nSPS) is 9.53. The number of hydrogen-bond donors (Lipinski definition) is 1. The Morgan fingerprint density at radius 3 is 2.47 bits per heavy atom. The molecule has 19 heavy (non-hydrogen) atoms. The number of rotatable bonds is 3. The van der Waals surface area contributed by atoms with E-state index in [9.17, 15) is 14.4 Å². The molecule has 1 rings (SSSR count). The molecule has 0 amide bonds. The molecule has 0 saturated heterocycles. The molecule has 0 bridgehead atoms. The Bertz CT molecular complexity index is 625. The molecule has 1 aromatic rings. The van der Waals surface area contributed by atoms with Gasteiger partial charge in [0.25, 0.3) is 0 Å². The van der Waals surface area contributed by atoms with Crippen molar-refractivity contribution in [2.24, 2.45) is 0 Å². The number of esters is 2. The van der Waals surface area contributed by atoms with E-state index < -0.39 is 40.8 Å². The zero-order valence-electron chi connectivity index (χ0n) is 10.2. The molecule has 0 fully saturated rings. The van der Waals surface area contributed by atoms with E-state index >= 15 is 0 Å². The number of carbonyl (C=O) groups excluding carboxylic acids is 2. The van der Waals surface area contributed by atoms with Crippen LogP contribution in [0.5, 0.6) is 0 Å². The average molecular weight is 266 g/mol. The van der Waals surface area contributed by atoms with Crippen LogP contribution in [-0.4, -0.2) is 26.2 Å². The minimum atomic E-state index is -1.02. The molecule has 0 saturated carbocycles. The van der Waals surface area contributed by atoms with Gasteiger partial charge in [-0.3, -0.25) is 9.59 Å². The number of ether oxygens (including phenoxy) is 2. The summed E-state index contributed by atoms with van der Waals surface area (Å²) in [4.78, 5) is 34.6. The average Bonchev–Trinajstić information content (AvgIpc) is 2.38. The smallest absolute Gasteiger partial charge is 0.345 e. The number of nitriles is 1. The van der Waals surface area contributed by atoms with Crippen molar-refractivity contribution in [2.45, 2.75) is 6.42 Å². The second-order valence-corrected chi connectivity index (χ2v) is 3.32. The minimum absolute atomic E-state index is 0.305. The number of anilines is 1. The van der Waals surface area contributed by atoms with E-state index in [1.54, 1.807) is 0 Å². The highest BCUT2D eigenvalue weighted by Gasteiger charge is 2.25. The molecule has 0 atom stereocenters. The zero-order valence-corrected chi connectivity index (χ0v) is 10.2. The second-order valence-electron chi connectivity index (χ2n) is 3.32. The summed E-state index contributed by atoms with van der Waals surface area (Å²) in [6, 6.07) is 1.52. The lowest BCUT2D eigenvalue weighted by Crippen LogP contribution is -2.24. The molecule has 0 spiro atoms. The Kier molecular flexibility index (Phi) is 4.26. The topological polar surface area (TPSA) is 133 Å². The Labute approximate surface area is 107 Å². The van der Waals surface area contributed by atoms with Crippen LogP contribution >= 0.6 is 0 Å². The number of nitrogens with zero attached hydrogens (tertiary/aromatic N) is 1. The quantitative estimate of drug-likeness (QED) is 0.730. The van der Waals surface area contributed by atoms with Crippen LogP contribution in [0.25, 0.3) is 0 Å². The molecule has 0 aromatic carbocycles. The summed E-state index contributed by atoms with van der Waals surface area (Å²) in [5.41, 5.74) is 3.36. The maximum Gasteiger partial charge on any atom is 0.345 e. The molecular formula is C11H10N2O6. The van der Waals surface area contributed by atoms with E-state index in [-0.39, 0.29) is 5.76 Å². The van der Waals surface area contributed by atoms with Crippen LogP contribution in [0.3, 0.4) is 0 Å². The van der Waals surface area contributed by atoms with Crippen molar-refractivity contribution in [1.29, 1.82) is 5.26 Å². The van der Waals surface area contributed by atoms with Gasteiger partial charge in [-0.05, 0) is 0 Å². The molecule has 2 N–H and O–H groups in total. The van der Waals surface area contributed by atoms with E-state index in [0.29, 0.717) is 0 Å². The summed E-state index contributed by atoms with van der Waals surface area (Å²) in [6.07, 6.45) is -0.480. The van der Waals surface area contributed by atoms with E-state index in [1.807, 2.05) is 0 Å². The van der Waals surface area contributed by atoms with Gasteiger partial charge in [-0.2, -0.15) is 5.26 Å². The lowest BCUT2D eigenvalue weighted by Gasteiger charge is -2.07. The van der Waals surface area contributed by atoms with Crippen LogP contribution in [0.4, 0.5) is 5.88 Å². The first kappa shape index (κ1) is 14.2. The van der Waals surface area contributed by atoms with Gasteiger partial charge >= 0.3 is 11.9 Å². The van der Waals surface area contributed by atoms with Gasteiger partial charge in [-0.1, -0.05) is 0 Å². The van der Waals surface area contributed by atoms with Crippen LogP contribution in [0, 0.1) is 11.3 Å². The van der Waals surface area contributed by atoms with Gasteiger partial charge in [0.1, 0.15) is 23.8 Å². The molecule has 8 nitrogen and oxygen atoms in total. The first-order valence-electron chi connectivity index (χ1n) is 4.96. The van der Waals surface area contributed by atoms with Crippen molar-refractivity contribution in [3.63, 3.8) is 0 Å². The van der Waals surface area contributed by atoms with Crippen molar-refractivity contribution in [1.82, 2.24) is 0 Å². The highest BCUT2D eigenvalue weighted by atomic mass is 16.5. The van der Waals surface area contributed by atoms with E-state index in [1.165, 1.54) is 6.07 Å². The predicted octanol–water partition coefficient (Wildman–Crippen LogP) is -0.404. The van der Waals surface area contributed by atoms with Gasteiger partial charge in [0, 0.05) is 0 Å². The van der Waals surface area contributed by atoms with Gasteiger partial charge < -0.3 is 19.6 Å². The van der Waals surface area contributed by atoms with Crippen molar-refractivity contribution >= 4 is 17.8 Å². The van der Waals surface area contributed by atoms with Crippen molar-refractivity contribution in [3.05, 3.63) is 27.1 Å². The second kappa shape index (κ2) is 5.68. The van der Waals surface area contributed by atoms with Crippen molar-refractivity contribution in [2.75, 3.05) is 20.0 Å². The van der Waals surface area contributed by atoms with Gasteiger partial charge in [0.2, 0.25) is 11.3 Å². The number of nitrogens with two attached hydrogens (primary N) is 1. The minimum Gasteiger partial charge on any atom is -0.469 e. The number of methoxy groups -OCH3 is 2. The molecule has 8 heteroatoms. The molecule has 0 radical (unpaired) electrons. The van der Waals surface area contributed by atoms with E-state index in [4.69, 9.17) is 15.4 Å². The van der Waals surface area contributed by atoms with Crippen LogP contribution in [0.1, 0.15) is 21.7 Å². The molecule has 100 valence electrons. The fourth-order valence-corrected chi connectivity index (χ4v) is 1.34. The van der Waals surface area contributed by atoms with Crippen LogP contribution < -0.4 is 11.2 Å². The third-order valence-electron chi connectivity index (χ3n) is 2.25. The van der Waals surface area contributed by atoms with Crippen molar-refractivity contribution < 1.29 is 23.5 Å². The van der Waals surface area contributed by atoms with Gasteiger partial charge in [-0.25, -0.2) is 4.79 Å². The molecule has 0 unspecified atom stereocenters. The first-order valence-corrected chi connectivity index (χ1v) is 4.96. The number of nitrogen functional groups attached to an aromatic ring is 1. The number of carbonyl (C=O) groups is 2. The standard InChI is InChI=1S/C11H10N2O6/c1-17-7(14)3-6-8(11(16)18-2)9(15)5(4-12)10(13)19-6/h3,13H2,1-2H3. The highest BCUT2D eigenvalue weighted by Crippen LogP contribution is 2.15. The summed E-state index contributed by atoms with van der Waals surface area (Å²) in [6.45, 7) is 0. The Morgan fingerprint density at radius 1 is 1.37 bits per heavy atom. The maximum atomic E-state index is 11.9. The summed E-state index contributed by atoms with van der Waals surface area (Å²) >= 11 is 0. The zero-order chi connectivity index (χ0) is 14.6. The van der Waals surface area contributed by atoms with Gasteiger partial charge in [0.15, 0.2) is 5.56 Å². The first-order chi connectivity index (χ1) is 8.96. The summed E-state index contributed by atoms with van der Waals surface area (Å²) in [5.74, 6) is -2.54. The Balaban J connectivity index is 3.54. The molecule has 0 aliphatic carbocycles. The molecule has 0 aliphatic rings. The fourth-order valence-electron chi connectivity index (χ4n) is 1.34. The van der Waals surface area contributed by atoms with Gasteiger partial charge in [0.05, 0.1) is 14.2 Å². The third kappa shape index (κ3) is 2.71. The summed E-state index contributed by atoms with van der Waals surface area (Å²) in [5, 5.41) is 8.76. The van der Waals surface area contributed by atoms with E-state index in [2.05, 4.69) is 9.47 Å². The van der Waals surface area contributed by atoms with Crippen LogP contribution in [0.15, 0.2) is 9.21 Å². The monoisotopic (exact) mass is 266 g/mol. The van der Waals surface area contributed by atoms with Crippen LogP contribution in [-0.2, 0) is 20.7 Å². The van der Waals surface area contributed by atoms with Gasteiger partial charge in [-0.15, -0.1) is 0 Å². The Hall–Kier alpha value is -2.82. The molecular weight excluding hydrogens is 256 g/mol. The molecule has 1 aromatic heterocycles. The predicted molar refractivity (Wildman–Crippen MR) is 61.2 cm³/mol. The third-order valence-corrected chi connectivity index (χ3v) is 2.25. The van der Waals surface area contributed by atoms with Crippen molar-refractivity contribution in [3.8, 4) is 6.07 Å². The highest BCUT2D eigenvalue weighted by molar-refractivity contribution is 5.92. The lowest BCUT2D eigenvalue weighted by atomic mass is 10.1. The Morgan fingerprint density at radius 2 is 2.00 bits per heavy atom. The summed E-state index contributed by atoms with van der Waals surface area (Å²) in [7, 11) is 2.18. The lowest BCUT2D eigenvalue weighted by molar-refractivity contribution is -0.140. The SMILES string of the molecule is COC(=O)Cc1oc(N)c(C#N)c(=O)c1C(=O)OC. The fraction of sp³-hybridized carbons (Fsp3) is 0.273. The largest absolute Gasteiger partial charge is 0.469 e. The molecule has 0 aliphatic heterocycles. The number of hydrogen-bond acceptors (Lipinski definition) is 8. The van der Waals surface area contributed by atoms with Crippen LogP contribution in [0.2, 0.25) is 0 Å².